The first-order valence-corrected chi connectivity index (χ1v) is 9.26. The van der Waals surface area contributed by atoms with Crippen molar-refractivity contribution in [1.82, 2.24) is 9.62 Å². The minimum absolute atomic E-state index is 0.0639. The number of nitrogens with zero attached hydrogens (tertiary/aromatic N) is 1. The lowest BCUT2D eigenvalue weighted by Crippen LogP contribution is -2.48. The summed E-state index contributed by atoms with van der Waals surface area (Å²) in [6.07, 6.45) is 1.10. The van der Waals surface area contributed by atoms with Crippen LogP contribution in [0.25, 0.3) is 0 Å². The van der Waals surface area contributed by atoms with Crippen molar-refractivity contribution in [3.8, 4) is 0 Å². The first kappa shape index (κ1) is 18.4. The molecular weight excluding hydrogens is 332 g/mol. The number of nitrogens with one attached hydrogen (secondary N) is 1. The van der Waals surface area contributed by atoms with E-state index in [4.69, 9.17) is 5.11 Å². The lowest BCUT2D eigenvalue weighted by Gasteiger charge is -2.31. The fourth-order valence-electron chi connectivity index (χ4n) is 2.63. The summed E-state index contributed by atoms with van der Waals surface area (Å²) >= 11 is 0. The van der Waals surface area contributed by atoms with Crippen LogP contribution in [0.2, 0.25) is 0 Å². The molecule has 24 heavy (non-hydrogen) atoms. The number of rotatable bonds is 5. The number of carboxylic acids is 1. The predicted molar refractivity (Wildman–Crippen MR) is 87.9 cm³/mol. The molecule has 1 aliphatic heterocycles. The molecule has 1 unspecified atom stereocenters. The van der Waals surface area contributed by atoms with Gasteiger partial charge in [0.05, 0.1) is 10.8 Å². The zero-order valence-corrected chi connectivity index (χ0v) is 14.5. The molecule has 0 saturated carbocycles. The maximum atomic E-state index is 12.7. The maximum Gasteiger partial charge on any atom is 0.325 e. The molecule has 2 atom stereocenters. The Hall–Kier alpha value is -1.93. The molecule has 2 N–H and O–H groups in total. The van der Waals surface area contributed by atoms with Crippen molar-refractivity contribution in [3.05, 3.63) is 29.8 Å². The van der Waals surface area contributed by atoms with Gasteiger partial charge in [-0.15, -0.1) is 0 Å². The number of hydrogen-bond acceptors (Lipinski definition) is 4. The largest absolute Gasteiger partial charge is 0.480 e. The van der Waals surface area contributed by atoms with Crippen molar-refractivity contribution < 1.29 is 23.1 Å². The SMILES string of the molecule is Cc1ccc(S(=O)(=O)N2CCCC(C(=O)N[C@@H](C)C(=O)O)C2)cc1. The molecule has 1 aromatic rings. The lowest BCUT2D eigenvalue weighted by atomic mass is 9.98. The number of sulfonamides is 1. The molecule has 1 aliphatic rings. The first-order chi connectivity index (χ1) is 11.2. The van der Waals surface area contributed by atoms with E-state index in [0.29, 0.717) is 19.4 Å². The summed E-state index contributed by atoms with van der Waals surface area (Å²) in [4.78, 5) is 23.2. The third-order valence-corrected chi connectivity index (χ3v) is 6.02. The zero-order chi connectivity index (χ0) is 17.9. The fourth-order valence-corrected chi connectivity index (χ4v) is 4.15. The second-order valence-electron chi connectivity index (χ2n) is 6.08. The third kappa shape index (κ3) is 4.12. The highest BCUT2D eigenvalue weighted by atomic mass is 32.2. The van der Waals surface area contributed by atoms with Crippen LogP contribution in [0.5, 0.6) is 0 Å². The van der Waals surface area contributed by atoms with Gasteiger partial charge in [-0.05, 0) is 38.8 Å². The van der Waals surface area contributed by atoms with Gasteiger partial charge in [0.1, 0.15) is 6.04 Å². The van der Waals surface area contributed by atoms with Crippen molar-refractivity contribution >= 4 is 21.9 Å². The monoisotopic (exact) mass is 354 g/mol. The number of carbonyl (C=O) groups excluding carboxylic acids is 1. The van der Waals surface area contributed by atoms with Crippen LogP contribution >= 0.6 is 0 Å². The molecule has 8 heteroatoms. The molecule has 0 spiro atoms. The molecule has 2 rings (SSSR count). The highest BCUT2D eigenvalue weighted by Crippen LogP contribution is 2.24. The van der Waals surface area contributed by atoms with Gasteiger partial charge >= 0.3 is 5.97 Å². The number of amides is 1. The van der Waals surface area contributed by atoms with Crippen LogP contribution < -0.4 is 5.32 Å². The quantitative estimate of drug-likeness (QED) is 0.820. The van der Waals surface area contributed by atoms with E-state index in [1.54, 1.807) is 24.3 Å². The number of aliphatic carboxylic acids is 1. The molecule has 132 valence electrons. The maximum absolute atomic E-state index is 12.7. The molecule has 1 aromatic carbocycles. The van der Waals surface area contributed by atoms with E-state index < -0.39 is 33.9 Å². The van der Waals surface area contributed by atoms with Gasteiger partial charge in [0, 0.05) is 13.1 Å². The summed E-state index contributed by atoms with van der Waals surface area (Å²) in [6.45, 7) is 3.67. The molecule has 0 aromatic heterocycles. The average Bonchev–Trinajstić information content (AvgIpc) is 2.55. The van der Waals surface area contributed by atoms with E-state index in [0.717, 1.165) is 5.56 Å². The number of carbonyl (C=O) groups is 2. The van der Waals surface area contributed by atoms with Gasteiger partial charge in [-0.2, -0.15) is 4.31 Å². The van der Waals surface area contributed by atoms with Gasteiger partial charge in [0.15, 0.2) is 0 Å². The summed E-state index contributed by atoms with van der Waals surface area (Å²) in [5.74, 6) is -2.09. The Morgan fingerprint density at radius 3 is 2.50 bits per heavy atom. The van der Waals surface area contributed by atoms with Crippen LogP contribution in [-0.4, -0.2) is 48.8 Å². The highest BCUT2D eigenvalue weighted by molar-refractivity contribution is 7.89. The van der Waals surface area contributed by atoms with E-state index in [-0.39, 0.29) is 11.4 Å². The van der Waals surface area contributed by atoms with Crippen LogP contribution in [-0.2, 0) is 19.6 Å². The van der Waals surface area contributed by atoms with E-state index in [9.17, 15) is 18.0 Å². The Morgan fingerprint density at radius 1 is 1.29 bits per heavy atom. The summed E-state index contributed by atoms with van der Waals surface area (Å²) in [7, 11) is -3.65. The molecular formula is C16H22N2O5S. The minimum atomic E-state index is -3.65. The van der Waals surface area contributed by atoms with Gasteiger partial charge in [0.25, 0.3) is 0 Å². The summed E-state index contributed by atoms with van der Waals surface area (Å²) in [6, 6.07) is 5.58. The van der Waals surface area contributed by atoms with Crippen LogP contribution in [0.3, 0.4) is 0 Å². The van der Waals surface area contributed by atoms with Crippen LogP contribution in [0, 0.1) is 12.8 Å². The van der Waals surface area contributed by atoms with Crippen LogP contribution in [0.15, 0.2) is 29.2 Å². The number of hydrogen-bond donors (Lipinski definition) is 2. The fraction of sp³-hybridized carbons (Fsp3) is 0.500. The molecule has 0 aliphatic carbocycles. The molecule has 1 fully saturated rings. The van der Waals surface area contributed by atoms with Gasteiger partial charge in [0.2, 0.25) is 15.9 Å². The zero-order valence-electron chi connectivity index (χ0n) is 13.7. The second-order valence-corrected chi connectivity index (χ2v) is 8.02. The van der Waals surface area contributed by atoms with Crippen LogP contribution in [0.4, 0.5) is 0 Å². The Balaban J connectivity index is 2.11. The Morgan fingerprint density at radius 2 is 1.92 bits per heavy atom. The topological polar surface area (TPSA) is 104 Å². The van der Waals surface area contributed by atoms with Crippen molar-refractivity contribution in [2.75, 3.05) is 13.1 Å². The van der Waals surface area contributed by atoms with E-state index in [2.05, 4.69) is 5.32 Å². The van der Waals surface area contributed by atoms with Crippen LogP contribution in [0.1, 0.15) is 25.3 Å². The minimum Gasteiger partial charge on any atom is -0.480 e. The smallest absolute Gasteiger partial charge is 0.325 e. The predicted octanol–water partition coefficient (Wildman–Crippen LogP) is 0.985. The third-order valence-electron chi connectivity index (χ3n) is 4.14. The van der Waals surface area contributed by atoms with Crippen molar-refractivity contribution in [2.24, 2.45) is 5.92 Å². The number of benzene rings is 1. The number of piperidine rings is 1. The summed E-state index contributed by atoms with van der Waals surface area (Å²) < 4.78 is 26.7. The Bertz CT molecular complexity index is 714. The lowest BCUT2D eigenvalue weighted by molar-refractivity contribution is -0.142. The molecule has 1 saturated heterocycles. The standard InChI is InChI=1S/C16H22N2O5S/c1-11-5-7-14(8-6-11)24(22,23)18-9-3-4-13(10-18)15(19)17-12(2)16(20)21/h5-8,12-13H,3-4,9-10H2,1-2H3,(H,17,19)(H,20,21)/t12-,13?/m0/s1. The van der Waals surface area contributed by atoms with Crippen molar-refractivity contribution in [1.29, 1.82) is 0 Å². The normalized spacial score (nSPS) is 20.3. The average molecular weight is 354 g/mol. The summed E-state index contributed by atoms with van der Waals surface area (Å²) in [5, 5.41) is 11.3. The van der Waals surface area contributed by atoms with Gasteiger partial charge in [-0.1, -0.05) is 17.7 Å². The van der Waals surface area contributed by atoms with E-state index in [1.165, 1.54) is 11.2 Å². The van der Waals surface area contributed by atoms with Crippen molar-refractivity contribution in [3.63, 3.8) is 0 Å². The summed E-state index contributed by atoms with van der Waals surface area (Å²) in [5.41, 5.74) is 0.965. The van der Waals surface area contributed by atoms with Crippen molar-refractivity contribution in [2.45, 2.75) is 37.6 Å². The number of carboxylic acid groups (broad SMARTS) is 1. The molecule has 0 radical (unpaired) electrons. The first-order valence-electron chi connectivity index (χ1n) is 7.82. The molecule has 1 heterocycles. The van der Waals surface area contributed by atoms with Gasteiger partial charge < -0.3 is 10.4 Å². The van der Waals surface area contributed by atoms with E-state index >= 15 is 0 Å². The second kappa shape index (κ2) is 7.31. The Kier molecular flexibility index (Phi) is 5.61. The van der Waals surface area contributed by atoms with Gasteiger partial charge in [-0.25, -0.2) is 8.42 Å². The molecule has 0 bridgehead atoms. The van der Waals surface area contributed by atoms with E-state index in [1.807, 2.05) is 6.92 Å². The molecule has 1 amide bonds. The highest BCUT2D eigenvalue weighted by Gasteiger charge is 2.34. The Labute approximate surface area is 141 Å². The number of aryl methyl sites for hydroxylation is 1. The molecule has 7 nitrogen and oxygen atoms in total. The van der Waals surface area contributed by atoms with Gasteiger partial charge in [-0.3, -0.25) is 9.59 Å².